The molecule has 24 heavy (non-hydrogen) atoms. The van der Waals surface area contributed by atoms with E-state index < -0.39 is 0 Å². The highest BCUT2D eigenvalue weighted by Crippen LogP contribution is 2.32. The molecule has 1 aromatic heterocycles. The van der Waals surface area contributed by atoms with Gasteiger partial charge in [0.1, 0.15) is 6.54 Å². The summed E-state index contributed by atoms with van der Waals surface area (Å²) in [5, 5.41) is 0. The first-order valence-corrected chi connectivity index (χ1v) is 8.43. The summed E-state index contributed by atoms with van der Waals surface area (Å²) in [6.45, 7) is 3.63. The number of aryl methyl sites for hydroxylation is 1. The third-order valence-electron chi connectivity index (χ3n) is 4.07. The Hall–Kier alpha value is -1.56. The van der Waals surface area contributed by atoms with Gasteiger partial charge in [-0.3, -0.25) is 0 Å². The number of benzene rings is 1. The number of fused-ring (bicyclic) bond motifs is 1. The first-order chi connectivity index (χ1) is 11.4. The molecule has 0 amide bonds. The number of halogens is 1. The molecule has 2 aromatic rings. The zero-order valence-electron chi connectivity index (χ0n) is 14.1. The quantitative estimate of drug-likeness (QED) is 0.372. The first kappa shape index (κ1) is 18.8. The Morgan fingerprint density at radius 2 is 1.88 bits per heavy atom. The fourth-order valence-corrected chi connectivity index (χ4v) is 2.75. The number of pyridine rings is 1. The van der Waals surface area contributed by atoms with Gasteiger partial charge in [-0.15, -0.1) is 0 Å². The average Bonchev–Trinajstić information content (AvgIpc) is 3.05. The largest absolute Gasteiger partial charge is 1.00 e. The lowest BCUT2D eigenvalue weighted by Crippen LogP contribution is -3.00. The van der Waals surface area contributed by atoms with Gasteiger partial charge in [0.25, 0.3) is 0 Å². The Bertz CT molecular complexity index is 685. The molecule has 1 aliphatic heterocycles. The van der Waals surface area contributed by atoms with Gasteiger partial charge in [-0.25, -0.2) is 0 Å². The normalized spacial score (nSPS) is 12.4. The molecule has 0 N–H and O–H groups in total. The predicted octanol–water partition coefficient (Wildman–Crippen LogP) is 1.46. The molecule has 0 fully saturated rings. The number of rotatable bonds is 7. The number of hydrogen-bond acceptors (Lipinski definition) is 2. The lowest BCUT2D eigenvalue weighted by atomic mass is 10.1. The van der Waals surface area contributed by atoms with Crippen molar-refractivity contribution in [2.75, 3.05) is 6.79 Å². The zero-order valence-corrected chi connectivity index (χ0v) is 16.2. The molecule has 0 radical (unpaired) electrons. The Labute approximate surface area is 161 Å². The number of ether oxygens (including phenoxy) is 2. The minimum Gasteiger partial charge on any atom is -1.00 e. The molecule has 1 aliphatic rings. The second-order valence-electron chi connectivity index (χ2n) is 5.83. The lowest BCUT2D eigenvalue weighted by molar-refractivity contribution is -0.699. The summed E-state index contributed by atoms with van der Waals surface area (Å²) in [7, 11) is 0. The summed E-state index contributed by atoms with van der Waals surface area (Å²) < 4.78 is 13.1. The summed E-state index contributed by atoms with van der Waals surface area (Å²) in [5.74, 6) is 1.65. The Balaban J connectivity index is 0.00000208. The molecular weight excluding hydrogens is 413 g/mol. The number of unbranched alkanes of at least 4 members (excludes halogenated alkanes) is 3. The van der Waals surface area contributed by atoms with Crippen molar-refractivity contribution in [3.8, 4) is 11.5 Å². The fraction of sp³-hybridized carbons (Fsp3) is 0.350. The molecule has 4 heteroatoms. The molecule has 0 atom stereocenters. The van der Waals surface area contributed by atoms with E-state index in [0.29, 0.717) is 6.79 Å². The van der Waals surface area contributed by atoms with Crippen LogP contribution in [0.1, 0.15) is 43.9 Å². The van der Waals surface area contributed by atoms with E-state index in [1.807, 2.05) is 12.1 Å². The third kappa shape index (κ3) is 4.97. The van der Waals surface area contributed by atoms with Crippen LogP contribution in [0, 0.1) is 0 Å². The van der Waals surface area contributed by atoms with Crippen LogP contribution >= 0.6 is 0 Å². The number of hydrogen-bond donors (Lipinski definition) is 0. The number of nitrogens with zero attached hydrogens (tertiary/aromatic N) is 1. The van der Waals surface area contributed by atoms with Crippen molar-refractivity contribution in [3.05, 3.63) is 53.9 Å². The summed E-state index contributed by atoms with van der Waals surface area (Å²) in [4.78, 5) is 0. The molecule has 0 unspecified atom stereocenters. The maximum absolute atomic E-state index is 5.43. The molecule has 1 aromatic carbocycles. The van der Waals surface area contributed by atoms with Gasteiger partial charge >= 0.3 is 0 Å². The maximum atomic E-state index is 5.43. The van der Waals surface area contributed by atoms with Gasteiger partial charge < -0.3 is 33.5 Å². The van der Waals surface area contributed by atoms with Crippen LogP contribution in [-0.2, 0) is 6.54 Å². The smallest absolute Gasteiger partial charge is 0.231 e. The SMILES string of the molecule is CCCCCC[n+]1ccccc1/C=C/c1ccc2c(c1)OCO2.[I-]. The molecule has 0 saturated heterocycles. The third-order valence-corrected chi connectivity index (χ3v) is 4.07. The molecule has 0 aliphatic carbocycles. The van der Waals surface area contributed by atoms with Gasteiger partial charge in [0.15, 0.2) is 17.7 Å². The molecule has 0 saturated carbocycles. The number of aromatic nitrogens is 1. The topological polar surface area (TPSA) is 22.3 Å². The maximum Gasteiger partial charge on any atom is 0.231 e. The summed E-state index contributed by atoms with van der Waals surface area (Å²) in [6.07, 6.45) is 11.6. The van der Waals surface area contributed by atoms with Crippen molar-refractivity contribution in [1.29, 1.82) is 0 Å². The predicted molar refractivity (Wildman–Crippen MR) is 92.3 cm³/mol. The zero-order chi connectivity index (χ0) is 15.9. The van der Waals surface area contributed by atoms with E-state index in [-0.39, 0.29) is 24.0 Å². The van der Waals surface area contributed by atoms with Gasteiger partial charge in [0.2, 0.25) is 12.5 Å². The Kier molecular flexibility index (Phi) is 7.56. The summed E-state index contributed by atoms with van der Waals surface area (Å²) in [5.41, 5.74) is 2.34. The molecular formula is C20H24INO2. The van der Waals surface area contributed by atoms with Crippen LogP contribution in [0.15, 0.2) is 42.6 Å². The molecule has 0 spiro atoms. The van der Waals surface area contributed by atoms with Crippen LogP contribution < -0.4 is 38.0 Å². The van der Waals surface area contributed by atoms with E-state index in [0.717, 1.165) is 23.6 Å². The summed E-state index contributed by atoms with van der Waals surface area (Å²) >= 11 is 0. The van der Waals surface area contributed by atoms with Gasteiger partial charge in [-0.05, 0) is 36.3 Å². The van der Waals surface area contributed by atoms with Gasteiger partial charge in [0.05, 0.1) is 0 Å². The van der Waals surface area contributed by atoms with Crippen molar-refractivity contribution in [2.24, 2.45) is 0 Å². The van der Waals surface area contributed by atoms with E-state index >= 15 is 0 Å². The molecule has 3 nitrogen and oxygen atoms in total. The van der Waals surface area contributed by atoms with Gasteiger partial charge in [-0.1, -0.05) is 25.8 Å². The fourth-order valence-electron chi connectivity index (χ4n) is 2.75. The monoisotopic (exact) mass is 437 g/mol. The van der Waals surface area contributed by atoms with Crippen molar-refractivity contribution >= 4 is 12.2 Å². The van der Waals surface area contributed by atoms with Gasteiger partial charge in [-0.2, -0.15) is 4.57 Å². The average molecular weight is 437 g/mol. The molecule has 3 rings (SSSR count). The van der Waals surface area contributed by atoms with Crippen LogP contribution in [0.3, 0.4) is 0 Å². The Morgan fingerprint density at radius 1 is 1.00 bits per heavy atom. The summed E-state index contributed by atoms with van der Waals surface area (Å²) in [6, 6.07) is 12.4. The molecule has 2 heterocycles. The Morgan fingerprint density at radius 3 is 2.75 bits per heavy atom. The van der Waals surface area contributed by atoms with Crippen molar-refractivity contribution in [1.82, 2.24) is 0 Å². The van der Waals surface area contributed by atoms with E-state index in [9.17, 15) is 0 Å². The minimum absolute atomic E-state index is 0. The van der Waals surface area contributed by atoms with Crippen molar-refractivity contribution in [2.45, 2.75) is 39.2 Å². The van der Waals surface area contributed by atoms with Crippen LogP contribution in [0.4, 0.5) is 0 Å². The van der Waals surface area contributed by atoms with Crippen molar-refractivity contribution < 1.29 is 38.0 Å². The lowest BCUT2D eigenvalue weighted by Gasteiger charge is -2.01. The molecule has 128 valence electrons. The highest BCUT2D eigenvalue weighted by molar-refractivity contribution is 5.68. The first-order valence-electron chi connectivity index (χ1n) is 8.43. The van der Waals surface area contributed by atoms with Crippen LogP contribution in [0.5, 0.6) is 11.5 Å². The van der Waals surface area contributed by atoms with E-state index in [2.05, 4.69) is 54.1 Å². The van der Waals surface area contributed by atoms with Gasteiger partial charge in [0, 0.05) is 24.6 Å². The van der Waals surface area contributed by atoms with Crippen LogP contribution in [0.2, 0.25) is 0 Å². The van der Waals surface area contributed by atoms with Crippen LogP contribution in [-0.4, -0.2) is 6.79 Å². The highest BCUT2D eigenvalue weighted by atomic mass is 127. The van der Waals surface area contributed by atoms with Crippen LogP contribution in [0.25, 0.3) is 12.2 Å². The molecule has 0 bridgehead atoms. The van der Waals surface area contributed by atoms with E-state index in [1.165, 1.54) is 31.4 Å². The standard InChI is InChI=1S/C20H24NO2.HI/c1-2-3-4-6-13-21-14-7-5-8-18(21)11-9-17-10-12-19-20(15-17)23-16-22-19;/h5,7-12,14-15H,2-4,6,13,16H2,1H3;1H/q+1;/p-1/b11-9+;. The van der Waals surface area contributed by atoms with E-state index in [1.54, 1.807) is 0 Å². The second-order valence-corrected chi connectivity index (χ2v) is 5.83. The minimum atomic E-state index is 0. The van der Waals surface area contributed by atoms with Crippen molar-refractivity contribution in [3.63, 3.8) is 0 Å². The second kappa shape index (κ2) is 9.67. The highest BCUT2D eigenvalue weighted by Gasteiger charge is 2.12. The van der Waals surface area contributed by atoms with E-state index in [4.69, 9.17) is 9.47 Å².